The minimum atomic E-state index is -5.65. The van der Waals surface area contributed by atoms with Crippen LogP contribution in [-0.2, 0) is 0 Å². The molecular weight excluding hydrogens is 306 g/mol. The summed E-state index contributed by atoms with van der Waals surface area (Å²) in [6, 6.07) is 2.68. The minimum Gasteiger partial charge on any atom is -0.469 e. The van der Waals surface area contributed by atoms with Crippen molar-refractivity contribution in [2.75, 3.05) is 12.8 Å². The third-order valence-corrected chi connectivity index (χ3v) is 2.34. The first-order chi connectivity index (χ1) is 9.46. The molecule has 21 heavy (non-hydrogen) atoms. The molecule has 0 aliphatic carbocycles. The first-order valence-electron chi connectivity index (χ1n) is 5.38. The maximum absolute atomic E-state index is 12.3. The summed E-state index contributed by atoms with van der Waals surface area (Å²) in [6.07, 6.45) is -15.3. The number of nitrogen functional groups attached to an aromatic ring is 1. The molecule has 0 unspecified atom stereocenters. The van der Waals surface area contributed by atoms with Gasteiger partial charge in [0.1, 0.15) is 5.75 Å². The smallest absolute Gasteiger partial charge is 0.434 e. The summed E-state index contributed by atoms with van der Waals surface area (Å²) in [5, 5.41) is 2.22. The summed E-state index contributed by atoms with van der Waals surface area (Å²) in [5.41, 5.74) is 4.76. The molecule has 0 fully saturated rings. The van der Waals surface area contributed by atoms with E-state index in [2.05, 4.69) is 10.1 Å². The lowest BCUT2D eigenvalue weighted by molar-refractivity contribution is -0.299. The number of ether oxygens (including phenoxy) is 1. The van der Waals surface area contributed by atoms with E-state index in [1.165, 1.54) is 7.05 Å². The summed E-state index contributed by atoms with van der Waals surface area (Å²) in [5.74, 6) is -1.42. The Morgan fingerprint density at radius 3 is 2.10 bits per heavy atom. The maximum Gasteiger partial charge on any atom is 0.434 e. The quantitative estimate of drug-likeness (QED) is 0.665. The molecule has 0 saturated heterocycles. The molecule has 0 heterocycles. The van der Waals surface area contributed by atoms with E-state index < -0.39 is 35.8 Å². The average Bonchev–Trinajstić information content (AvgIpc) is 2.33. The van der Waals surface area contributed by atoms with Crippen LogP contribution in [0.1, 0.15) is 10.4 Å². The van der Waals surface area contributed by atoms with E-state index in [0.717, 1.165) is 18.2 Å². The molecule has 1 aromatic carbocycles. The molecule has 1 amide bonds. The molecule has 0 aliphatic heterocycles. The molecule has 1 aromatic rings. The third-order valence-electron chi connectivity index (χ3n) is 2.34. The van der Waals surface area contributed by atoms with Gasteiger partial charge in [-0.3, -0.25) is 4.79 Å². The highest BCUT2D eigenvalue weighted by Gasteiger charge is 2.59. The highest BCUT2D eigenvalue weighted by molar-refractivity contribution is 5.95. The van der Waals surface area contributed by atoms with Gasteiger partial charge >= 0.3 is 12.4 Å². The Kier molecular flexibility index (Phi) is 4.59. The SMILES string of the molecule is CNC(=O)c1ccc(OC(C(F)(F)F)C(F)(F)F)c(N)c1. The molecule has 10 heteroatoms. The van der Waals surface area contributed by atoms with E-state index in [1.54, 1.807) is 0 Å². The first kappa shape index (κ1) is 16.9. The van der Waals surface area contributed by atoms with E-state index >= 15 is 0 Å². The standard InChI is InChI=1S/C11H10F6N2O2/c1-19-8(20)5-2-3-7(6(18)4-5)21-9(10(12,13)14)11(15,16)17/h2-4,9H,18H2,1H3,(H,19,20). The van der Waals surface area contributed by atoms with Crippen molar-refractivity contribution in [2.24, 2.45) is 0 Å². The monoisotopic (exact) mass is 316 g/mol. The summed E-state index contributed by atoms with van der Waals surface area (Å²) in [6.45, 7) is 0. The van der Waals surface area contributed by atoms with Crippen LogP contribution < -0.4 is 15.8 Å². The van der Waals surface area contributed by atoms with E-state index in [-0.39, 0.29) is 5.56 Å². The Labute approximate surface area is 114 Å². The number of carbonyl (C=O) groups is 1. The average molecular weight is 316 g/mol. The number of benzene rings is 1. The number of hydrogen-bond donors (Lipinski definition) is 2. The molecule has 0 aromatic heterocycles. The molecule has 0 saturated carbocycles. The van der Waals surface area contributed by atoms with Crippen LogP contribution in [-0.4, -0.2) is 31.4 Å². The summed E-state index contributed by atoms with van der Waals surface area (Å²) in [7, 11) is 1.30. The van der Waals surface area contributed by atoms with Gasteiger partial charge in [-0.25, -0.2) is 0 Å². The lowest BCUT2D eigenvalue weighted by Crippen LogP contribution is -2.46. The van der Waals surface area contributed by atoms with Gasteiger partial charge in [0.05, 0.1) is 5.69 Å². The van der Waals surface area contributed by atoms with Gasteiger partial charge in [0.2, 0.25) is 0 Å². The molecule has 0 radical (unpaired) electrons. The van der Waals surface area contributed by atoms with E-state index in [1.807, 2.05) is 0 Å². The molecule has 1 rings (SSSR count). The van der Waals surface area contributed by atoms with Gasteiger partial charge in [-0.1, -0.05) is 0 Å². The van der Waals surface area contributed by atoms with Gasteiger partial charge in [-0.05, 0) is 18.2 Å². The number of alkyl halides is 6. The second kappa shape index (κ2) is 5.70. The third kappa shape index (κ3) is 4.17. The predicted octanol–water partition coefficient (Wildman–Crippen LogP) is 2.50. The Morgan fingerprint density at radius 1 is 1.19 bits per heavy atom. The molecule has 0 atom stereocenters. The molecule has 0 aliphatic rings. The molecule has 0 bridgehead atoms. The van der Waals surface area contributed by atoms with Crippen LogP contribution in [0.15, 0.2) is 18.2 Å². The van der Waals surface area contributed by atoms with Gasteiger partial charge in [-0.2, -0.15) is 26.3 Å². The topological polar surface area (TPSA) is 64.3 Å². The molecule has 118 valence electrons. The maximum atomic E-state index is 12.3. The molecule has 4 nitrogen and oxygen atoms in total. The summed E-state index contributed by atoms with van der Waals surface area (Å²) >= 11 is 0. The zero-order chi connectivity index (χ0) is 16.4. The number of nitrogens with two attached hydrogens (primary N) is 1. The highest BCUT2D eigenvalue weighted by Crippen LogP contribution is 2.37. The second-order valence-corrected chi connectivity index (χ2v) is 3.91. The van der Waals surface area contributed by atoms with E-state index in [4.69, 9.17) is 5.73 Å². The predicted molar refractivity (Wildman–Crippen MR) is 60.8 cm³/mol. The van der Waals surface area contributed by atoms with Gasteiger partial charge < -0.3 is 15.8 Å². The fourth-order valence-corrected chi connectivity index (χ4v) is 1.39. The molecule has 0 spiro atoms. The van der Waals surface area contributed by atoms with Gasteiger partial charge in [0.15, 0.2) is 0 Å². The molecular formula is C11H10F6N2O2. The first-order valence-corrected chi connectivity index (χ1v) is 5.38. The van der Waals surface area contributed by atoms with Gasteiger partial charge in [0, 0.05) is 12.6 Å². The van der Waals surface area contributed by atoms with Crippen LogP contribution in [0.2, 0.25) is 0 Å². The van der Waals surface area contributed by atoms with Crippen LogP contribution in [0, 0.1) is 0 Å². The number of amides is 1. The number of nitrogens with one attached hydrogen (secondary N) is 1. The fraction of sp³-hybridized carbons (Fsp3) is 0.364. The highest BCUT2D eigenvalue weighted by atomic mass is 19.4. The Hall–Kier alpha value is -2.13. The van der Waals surface area contributed by atoms with Crippen LogP contribution in [0.25, 0.3) is 0 Å². The van der Waals surface area contributed by atoms with Crippen molar-refractivity contribution in [1.82, 2.24) is 5.32 Å². The number of hydrogen-bond acceptors (Lipinski definition) is 3. The normalized spacial score (nSPS) is 12.4. The zero-order valence-corrected chi connectivity index (χ0v) is 10.5. The van der Waals surface area contributed by atoms with E-state index in [9.17, 15) is 31.1 Å². The van der Waals surface area contributed by atoms with Crippen molar-refractivity contribution in [3.8, 4) is 5.75 Å². The summed E-state index contributed by atoms with van der Waals surface area (Å²) < 4.78 is 78.0. The van der Waals surface area contributed by atoms with Crippen molar-refractivity contribution in [2.45, 2.75) is 18.5 Å². The van der Waals surface area contributed by atoms with E-state index in [0.29, 0.717) is 0 Å². The zero-order valence-electron chi connectivity index (χ0n) is 10.5. The van der Waals surface area contributed by atoms with Crippen molar-refractivity contribution >= 4 is 11.6 Å². The van der Waals surface area contributed by atoms with Crippen molar-refractivity contribution < 1.29 is 35.9 Å². The van der Waals surface area contributed by atoms with Gasteiger partial charge in [0.25, 0.3) is 12.0 Å². The number of rotatable bonds is 3. The van der Waals surface area contributed by atoms with Crippen LogP contribution in [0.4, 0.5) is 32.0 Å². The van der Waals surface area contributed by atoms with Crippen molar-refractivity contribution in [3.63, 3.8) is 0 Å². The number of halogens is 6. The number of anilines is 1. The lowest BCUT2D eigenvalue weighted by atomic mass is 10.1. The molecule has 3 N–H and O–H groups in total. The minimum absolute atomic E-state index is 0.0297. The second-order valence-electron chi connectivity index (χ2n) is 3.91. The Morgan fingerprint density at radius 2 is 1.71 bits per heavy atom. The van der Waals surface area contributed by atoms with Gasteiger partial charge in [-0.15, -0.1) is 0 Å². The van der Waals surface area contributed by atoms with Crippen LogP contribution >= 0.6 is 0 Å². The fourth-order valence-electron chi connectivity index (χ4n) is 1.39. The number of carbonyl (C=O) groups excluding carboxylic acids is 1. The van der Waals surface area contributed by atoms with Crippen molar-refractivity contribution in [1.29, 1.82) is 0 Å². The van der Waals surface area contributed by atoms with Crippen LogP contribution in [0.3, 0.4) is 0 Å². The Balaban J connectivity index is 3.09. The lowest BCUT2D eigenvalue weighted by Gasteiger charge is -2.24. The van der Waals surface area contributed by atoms with Crippen LogP contribution in [0.5, 0.6) is 5.75 Å². The Bertz CT molecular complexity index is 512. The largest absolute Gasteiger partial charge is 0.469 e. The summed E-state index contributed by atoms with van der Waals surface area (Å²) in [4.78, 5) is 11.3. The van der Waals surface area contributed by atoms with Crippen molar-refractivity contribution in [3.05, 3.63) is 23.8 Å².